The zero-order valence-corrected chi connectivity index (χ0v) is 24.8. The minimum absolute atomic E-state index is 0.0611. The maximum Gasteiger partial charge on any atom is 0.319 e. The minimum Gasteiger partial charge on any atom is -0.338 e. The predicted octanol–water partition coefficient (Wildman–Crippen LogP) is 7.23. The highest BCUT2D eigenvalue weighted by Gasteiger charge is 2.03. The highest BCUT2D eigenvalue weighted by atomic mass is 33.1. The van der Waals surface area contributed by atoms with Gasteiger partial charge >= 0.3 is 15.2 Å². The van der Waals surface area contributed by atoms with Crippen molar-refractivity contribution in [3.05, 3.63) is 0 Å². The van der Waals surface area contributed by atoms with Crippen molar-refractivity contribution >= 4 is 26.0 Å². The molecule has 0 fully saturated rings. The molecule has 0 spiro atoms. The summed E-state index contributed by atoms with van der Waals surface area (Å²) in [5.74, 6) is 0.345. The molecule has 7 nitrogen and oxygen atoms in total. The van der Waals surface area contributed by atoms with E-state index in [1.165, 1.54) is 96.3 Å². The molecule has 4 N–H and O–H groups in total. The third-order valence-electron chi connectivity index (χ3n) is 6.39. The van der Waals surface area contributed by atoms with Crippen LogP contribution in [0.15, 0.2) is 0 Å². The van der Waals surface area contributed by atoms with Gasteiger partial charge in [-0.05, 0) is 36.6 Å². The normalized spacial score (nSPS) is 11.6. The molecule has 0 atom stereocenters. The van der Waals surface area contributed by atoms with Crippen molar-refractivity contribution in [3.63, 3.8) is 0 Å². The number of hydrogen-bond donors (Lipinski definition) is 4. The summed E-state index contributed by atoms with van der Waals surface area (Å²) < 4.78 is 29.7. The molecule has 0 rings (SSSR count). The van der Waals surface area contributed by atoms with Gasteiger partial charge in [0.25, 0.3) is 0 Å². The fraction of sp³-hybridized carbons (Fsp3) is 0.963. The fourth-order valence-electron chi connectivity index (χ4n) is 4.21. The van der Waals surface area contributed by atoms with Gasteiger partial charge in [-0.2, -0.15) is 8.42 Å². The van der Waals surface area contributed by atoms with Gasteiger partial charge in [-0.3, -0.25) is 4.55 Å². The Balaban J connectivity index is 3.18. The van der Waals surface area contributed by atoms with Crippen LogP contribution in [0, 0.1) is 0 Å². The van der Waals surface area contributed by atoms with E-state index >= 15 is 0 Å². The second-order valence-corrected chi connectivity index (χ2v) is 13.4. The molecule has 0 aromatic carbocycles. The third-order valence-corrected chi connectivity index (χ3v) is 8.46. The van der Waals surface area contributed by atoms with Crippen molar-refractivity contribution in [3.8, 4) is 0 Å². The van der Waals surface area contributed by atoms with E-state index in [2.05, 4.69) is 22.9 Å². The molecular weight excluding hydrogens is 494 g/mol. The molecule has 0 unspecified atom stereocenters. The number of carbonyl (C=O) groups excluding carboxylic acids is 1. The lowest BCUT2D eigenvalue weighted by Gasteiger charge is -2.08. The van der Waals surface area contributed by atoms with Gasteiger partial charge < -0.3 is 16.0 Å². The summed E-state index contributed by atoms with van der Waals surface area (Å²) in [6.07, 6.45) is 25.8. The summed E-state index contributed by atoms with van der Waals surface area (Å²) in [7, 11) is -3.38. The average Bonchev–Trinajstić information content (AvgIpc) is 2.83. The first-order chi connectivity index (χ1) is 17.5. The molecular formula is C27H57N3O4S2. The van der Waals surface area contributed by atoms with Crippen LogP contribution >= 0.6 is 10.8 Å². The fourth-order valence-corrected chi connectivity index (χ4v) is 5.53. The van der Waals surface area contributed by atoms with E-state index in [1.54, 1.807) is 0 Å². The summed E-state index contributed by atoms with van der Waals surface area (Å²) in [4.78, 5) is 11.8. The van der Waals surface area contributed by atoms with E-state index in [4.69, 9.17) is 4.55 Å². The summed E-state index contributed by atoms with van der Waals surface area (Å²) in [5.41, 5.74) is 0. The molecule has 0 aliphatic carbocycles. The van der Waals surface area contributed by atoms with E-state index in [9.17, 15) is 13.2 Å². The first-order valence-electron chi connectivity index (χ1n) is 14.8. The first kappa shape index (κ1) is 35.5. The molecule has 0 aliphatic heterocycles. The number of carbonyl (C=O) groups is 1. The molecule has 0 aromatic rings. The van der Waals surface area contributed by atoms with Crippen molar-refractivity contribution in [2.24, 2.45) is 0 Å². The minimum atomic E-state index is -3.92. The molecule has 0 saturated carbocycles. The number of unbranched alkanes of at least 4 members (excludes halogenated alkanes) is 18. The Morgan fingerprint density at radius 2 is 0.944 bits per heavy atom. The van der Waals surface area contributed by atoms with E-state index in [-0.39, 0.29) is 6.03 Å². The lowest BCUT2D eigenvalue weighted by molar-refractivity contribution is 0.240. The van der Waals surface area contributed by atoms with Gasteiger partial charge in [0.05, 0.1) is 0 Å². The van der Waals surface area contributed by atoms with Crippen LogP contribution in [-0.2, 0) is 9.15 Å². The largest absolute Gasteiger partial charge is 0.338 e. The zero-order valence-electron chi connectivity index (χ0n) is 23.2. The van der Waals surface area contributed by atoms with Crippen LogP contribution in [0.4, 0.5) is 4.79 Å². The lowest BCUT2D eigenvalue weighted by atomic mass is 10.0. The van der Waals surface area contributed by atoms with Gasteiger partial charge in [0.15, 0.2) is 0 Å². The van der Waals surface area contributed by atoms with Crippen molar-refractivity contribution < 1.29 is 17.8 Å². The van der Waals surface area contributed by atoms with Crippen molar-refractivity contribution in [2.75, 3.05) is 31.9 Å². The summed E-state index contributed by atoms with van der Waals surface area (Å²) in [6, 6.07) is -0.0611. The van der Waals surface area contributed by atoms with Crippen LogP contribution < -0.4 is 16.0 Å². The van der Waals surface area contributed by atoms with Crippen molar-refractivity contribution in [2.45, 2.75) is 135 Å². The van der Waals surface area contributed by atoms with Gasteiger partial charge in [0.1, 0.15) is 0 Å². The Hall–Kier alpha value is -0.510. The number of nitrogens with one attached hydrogen (secondary N) is 3. The SMILES string of the molecule is CCCCCCCCCCCCCCCCCCNC(=O)NCCCCCCNCCSS(=O)(=O)O. The van der Waals surface area contributed by atoms with Gasteiger partial charge in [-0.25, -0.2) is 4.79 Å². The molecule has 216 valence electrons. The Bertz CT molecular complexity index is 577. The quantitative estimate of drug-likeness (QED) is 0.0464. The van der Waals surface area contributed by atoms with Crippen LogP contribution in [0.25, 0.3) is 0 Å². The molecule has 0 radical (unpaired) electrons. The van der Waals surface area contributed by atoms with Gasteiger partial charge in [0, 0.05) is 25.4 Å². The average molecular weight is 552 g/mol. The highest BCUT2D eigenvalue weighted by Crippen LogP contribution is 2.13. The monoisotopic (exact) mass is 551 g/mol. The second-order valence-electron chi connectivity index (χ2n) is 9.90. The molecule has 0 bridgehead atoms. The van der Waals surface area contributed by atoms with E-state index < -0.39 is 9.15 Å². The molecule has 9 heteroatoms. The molecule has 2 amide bonds. The number of rotatable bonds is 28. The molecule has 0 heterocycles. The van der Waals surface area contributed by atoms with E-state index in [1.807, 2.05) is 0 Å². The van der Waals surface area contributed by atoms with Crippen LogP contribution in [0.1, 0.15) is 135 Å². The van der Waals surface area contributed by atoms with E-state index in [0.29, 0.717) is 29.6 Å². The first-order valence-corrected chi connectivity index (χ1v) is 17.7. The second kappa shape index (κ2) is 27.5. The number of urea groups is 1. The summed E-state index contributed by atoms with van der Waals surface area (Å²) in [5, 5.41) is 9.03. The molecule has 0 saturated heterocycles. The van der Waals surface area contributed by atoms with Crippen molar-refractivity contribution in [1.82, 2.24) is 16.0 Å². The smallest absolute Gasteiger partial charge is 0.319 e. The Morgan fingerprint density at radius 1 is 0.583 bits per heavy atom. The summed E-state index contributed by atoms with van der Waals surface area (Å²) in [6.45, 7) is 5.12. The summed E-state index contributed by atoms with van der Waals surface area (Å²) >= 11 is 0. The van der Waals surface area contributed by atoms with Crippen molar-refractivity contribution in [1.29, 1.82) is 0 Å². The van der Waals surface area contributed by atoms with Crippen LogP contribution in [0.5, 0.6) is 0 Å². The Kier molecular flexibility index (Phi) is 27.1. The lowest BCUT2D eigenvalue weighted by Crippen LogP contribution is -2.36. The standard InChI is InChI=1S/C27H57N3O4S2/c1-2-3-4-5-6-7-8-9-10-11-12-13-14-15-16-20-23-29-27(31)30-24-21-18-17-19-22-28-25-26-35-36(32,33)34/h28H,2-26H2,1H3,(H2,29,30,31)(H,32,33,34). The topological polar surface area (TPSA) is 108 Å². The molecule has 36 heavy (non-hydrogen) atoms. The Labute approximate surface area is 226 Å². The predicted molar refractivity (Wildman–Crippen MR) is 156 cm³/mol. The third kappa shape index (κ3) is 31.5. The van der Waals surface area contributed by atoms with Gasteiger partial charge in [-0.1, -0.05) is 116 Å². The maximum absolute atomic E-state index is 11.8. The maximum atomic E-state index is 11.8. The number of amides is 2. The van der Waals surface area contributed by atoms with Crippen LogP contribution in [0.2, 0.25) is 0 Å². The van der Waals surface area contributed by atoms with Gasteiger partial charge in [-0.15, -0.1) is 0 Å². The number of hydrogen-bond acceptors (Lipinski definition) is 5. The van der Waals surface area contributed by atoms with Crippen LogP contribution in [0.3, 0.4) is 0 Å². The highest BCUT2D eigenvalue weighted by molar-refractivity contribution is 8.69. The van der Waals surface area contributed by atoms with Crippen LogP contribution in [-0.4, -0.2) is 50.9 Å². The molecule has 0 aromatic heterocycles. The Morgan fingerprint density at radius 3 is 1.33 bits per heavy atom. The van der Waals surface area contributed by atoms with Gasteiger partial charge in [0.2, 0.25) is 0 Å². The molecule has 0 aliphatic rings. The zero-order chi connectivity index (χ0) is 26.6. The van der Waals surface area contributed by atoms with E-state index in [0.717, 1.165) is 45.2 Å².